The monoisotopic (exact) mass is 491 g/mol. The van der Waals surface area contributed by atoms with Gasteiger partial charge in [0.15, 0.2) is 10.9 Å². The summed E-state index contributed by atoms with van der Waals surface area (Å²) in [5.74, 6) is -2.29. The van der Waals surface area contributed by atoms with Crippen LogP contribution in [-0.4, -0.2) is 37.4 Å². The van der Waals surface area contributed by atoms with Crippen molar-refractivity contribution in [2.24, 2.45) is 14.1 Å². The summed E-state index contributed by atoms with van der Waals surface area (Å²) < 4.78 is 7.17. The summed E-state index contributed by atoms with van der Waals surface area (Å²) in [6, 6.07) is 3.75. The van der Waals surface area contributed by atoms with Gasteiger partial charge in [-0.15, -0.1) is 11.3 Å². The summed E-state index contributed by atoms with van der Waals surface area (Å²) in [4.78, 5) is 64.4. The molecule has 2 heterocycles. The van der Waals surface area contributed by atoms with E-state index < -0.39 is 40.1 Å². The van der Waals surface area contributed by atoms with E-state index in [1.165, 1.54) is 37.6 Å². The van der Waals surface area contributed by atoms with E-state index in [-0.39, 0.29) is 22.0 Å². The molecule has 0 atom stereocenters. The van der Waals surface area contributed by atoms with Crippen molar-refractivity contribution in [2.45, 2.75) is 16.2 Å². The summed E-state index contributed by atoms with van der Waals surface area (Å²) in [5, 5.41) is 13.3. The molecule has 1 aromatic carbocycles. The van der Waals surface area contributed by atoms with Gasteiger partial charge in [-0.05, 0) is 19.1 Å². The van der Waals surface area contributed by atoms with Gasteiger partial charge < -0.3 is 10.5 Å². The van der Waals surface area contributed by atoms with Crippen molar-refractivity contribution >= 4 is 46.4 Å². The molecule has 2 N–H and O–H groups in total. The Balaban J connectivity index is 1.80. The summed E-state index contributed by atoms with van der Waals surface area (Å²) >= 11 is 2.42. The van der Waals surface area contributed by atoms with Crippen molar-refractivity contribution in [3.8, 4) is 0 Å². The maximum Gasteiger partial charge on any atom is 0.338 e. The Hall–Kier alpha value is -3.78. The molecule has 0 saturated heterocycles. The number of ketones is 1. The third-order valence-corrected chi connectivity index (χ3v) is 6.63. The quantitative estimate of drug-likeness (QED) is 0.221. The van der Waals surface area contributed by atoms with E-state index in [4.69, 9.17) is 10.5 Å². The van der Waals surface area contributed by atoms with Crippen LogP contribution in [0.25, 0.3) is 0 Å². The number of nitrogen functional groups attached to an aromatic ring is 1. The zero-order chi connectivity index (χ0) is 24.4. The van der Waals surface area contributed by atoms with Crippen LogP contribution in [0.3, 0.4) is 0 Å². The molecule has 0 amide bonds. The van der Waals surface area contributed by atoms with Crippen LogP contribution in [0.4, 0.5) is 11.5 Å². The topological polar surface area (TPSA) is 169 Å². The summed E-state index contributed by atoms with van der Waals surface area (Å²) in [7, 11) is 2.46. The third kappa shape index (κ3) is 4.85. The number of esters is 1. The standard InChI is InChI=1S/C19H17N5O7S2/c1-9-8-32-18(21-9)33-13-5-4-10(6-11(13)24(29)30)17(27)31-7-12(25)14-15(20)22(2)19(28)23(3)16(14)26/h4-6,8H,7,20H2,1-3H3. The highest BCUT2D eigenvalue weighted by atomic mass is 32.2. The minimum Gasteiger partial charge on any atom is -0.454 e. The van der Waals surface area contributed by atoms with E-state index in [0.717, 1.165) is 28.1 Å². The van der Waals surface area contributed by atoms with Gasteiger partial charge in [0.1, 0.15) is 11.4 Å². The molecule has 0 bridgehead atoms. The van der Waals surface area contributed by atoms with Crippen molar-refractivity contribution < 1.29 is 19.2 Å². The minimum absolute atomic E-state index is 0.157. The number of rotatable bonds is 7. The Morgan fingerprint density at radius 1 is 1.27 bits per heavy atom. The van der Waals surface area contributed by atoms with Crippen molar-refractivity contribution in [3.63, 3.8) is 0 Å². The van der Waals surface area contributed by atoms with E-state index in [0.29, 0.717) is 8.91 Å². The first-order chi connectivity index (χ1) is 15.5. The lowest BCUT2D eigenvalue weighted by Crippen LogP contribution is -2.42. The molecule has 3 aromatic rings. The SMILES string of the molecule is Cc1csc(Sc2ccc(C(=O)OCC(=O)c3c(N)n(C)c(=O)n(C)c3=O)cc2[N+](=O)[O-])n1. The maximum atomic E-state index is 12.5. The lowest BCUT2D eigenvalue weighted by Gasteiger charge is -2.11. The highest BCUT2D eigenvalue weighted by Crippen LogP contribution is 2.36. The molecule has 0 saturated carbocycles. The predicted octanol–water partition coefficient (Wildman–Crippen LogP) is 1.53. The second-order valence-electron chi connectivity index (χ2n) is 6.76. The van der Waals surface area contributed by atoms with Crippen molar-refractivity contribution in [1.29, 1.82) is 0 Å². The van der Waals surface area contributed by atoms with E-state index in [9.17, 15) is 29.3 Å². The molecule has 0 aliphatic heterocycles. The summed E-state index contributed by atoms with van der Waals surface area (Å²) in [6.07, 6.45) is 0. The van der Waals surface area contributed by atoms with E-state index in [2.05, 4.69) is 4.98 Å². The molecule has 14 heteroatoms. The first-order valence-electron chi connectivity index (χ1n) is 9.15. The number of Topliss-reactive ketones (excluding diaryl/α,β-unsaturated/α-hetero) is 1. The zero-order valence-electron chi connectivity index (χ0n) is 17.6. The van der Waals surface area contributed by atoms with Crippen LogP contribution in [0.2, 0.25) is 0 Å². The molecule has 0 unspecified atom stereocenters. The second-order valence-corrected chi connectivity index (χ2v) is 8.91. The predicted molar refractivity (Wildman–Crippen MR) is 120 cm³/mol. The van der Waals surface area contributed by atoms with Gasteiger partial charge in [0.25, 0.3) is 11.2 Å². The average Bonchev–Trinajstić information content (AvgIpc) is 3.19. The number of benzene rings is 1. The van der Waals surface area contributed by atoms with Crippen LogP contribution in [0.5, 0.6) is 0 Å². The maximum absolute atomic E-state index is 12.5. The number of aromatic nitrogens is 3. The number of anilines is 1. The first kappa shape index (κ1) is 23.9. The normalized spacial score (nSPS) is 10.8. The Morgan fingerprint density at radius 2 is 1.97 bits per heavy atom. The molecule has 172 valence electrons. The number of aryl methyl sites for hydroxylation is 1. The molecule has 0 spiro atoms. The number of ether oxygens (including phenoxy) is 1. The molecule has 3 rings (SSSR count). The van der Waals surface area contributed by atoms with Gasteiger partial charge in [0.05, 0.1) is 15.4 Å². The number of hydrogen-bond donors (Lipinski definition) is 1. The molecular formula is C19H17N5O7S2. The van der Waals surface area contributed by atoms with E-state index in [1.807, 2.05) is 5.38 Å². The Bertz CT molecular complexity index is 1410. The van der Waals surface area contributed by atoms with Crippen LogP contribution >= 0.6 is 23.1 Å². The van der Waals surface area contributed by atoms with Gasteiger partial charge in [-0.25, -0.2) is 14.6 Å². The number of nitrogens with zero attached hydrogens (tertiary/aromatic N) is 4. The number of nitrogens with two attached hydrogens (primary N) is 1. The van der Waals surface area contributed by atoms with Gasteiger partial charge >= 0.3 is 11.7 Å². The minimum atomic E-state index is -1.01. The van der Waals surface area contributed by atoms with E-state index >= 15 is 0 Å². The molecule has 0 aliphatic carbocycles. The largest absolute Gasteiger partial charge is 0.454 e. The van der Waals surface area contributed by atoms with Crippen LogP contribution in [0, 0.1) is 17.0 Å². The second kappa shape index (κ2) is 9.38. The number of nitro benzene ring substituents is 1. The molecule has 12 nitrogen and oxygen atoms in total. The Morgan fingerprint density at radius 3 is 2.58 bits per heavy atom. The number of thiazole rings is 1. The van der Waals surface area contributed by atoms with Crippen LogP contribution in [0.1, 0.15) is 26.4 Å². The highest BCUT2D eigenvalue weighted by Gasteiger charge is 2.23. The van der Waals surface area contributed by atoms with Gasteiger partial charge in [0.2, 0.25) is 5.78 Å². The van der Waals surface area contributed by atoms with Crippen molar-refractivity contribution in [1.82, 2.24) is 14.1 Å². The number of nitro groups is 1. The molecule has 0 aliphatic rings. The molecule has 0 fully saturated rings. The van der Waals surface area contributed by atoms with Gasteiger partial charge in [-0.3, -0.25) is 28.8 Å². The summed E-state index contributed by atoms with van der Waals surface area (Å²) in [6.45, 7) is 0.951. The lowest BCUT2D eigenvalue weighted by molar-refractivity contribution is -0.387. The molecule has 0 radical (unpaired) electrons. The van der Waals surface area contributed by atoms with Crippen LogP contribution in [-0.2, 0) is 18.8 Å². The highest BCUT2D eigenvalue weighted by molar-refractivity contribution is 8.01. The molecule has 2 aromatic heterocycles. The number of carbonyl (C=O) groups excluding carboxylic acids is 2. The zero-order valence-corrected chi connectivity index (χ0v) is 19.2. The smallest absolute Gasteiger partial charge is 0.338 e. The number of hydrogen-bond acceptors (Lipinski definition) is 11. The molecule has 33 heavy (non-hydrogen) atoms. The van der Waals surface area contributed by atoms with Gasteiger partial charge in [0, 0.05) is 31.2 Å². The van der Waals surface area contributed by atoms with Crippen LogP contribution in [0.15, 0.2) is 42.4 Å². The van der Waals surface area contributed by atoms with Crippen LogP contribution < -0.4 is 17.0 Å². The van der Waals surface area contributed by atoms with Crippen molar-refractivity contribution in [3.05, 3.63) is 71.4 Å². The molecular weight excluding hydrogens is 474 g/mol. The average molecular weight is 492 g/mol. The fourth-order valence-corrected chi connectivity index (χ4v) is 4.63. The Kier molecular flexibility index (Phi) is 6.78. The lowest BCUT2D eigenvalue weighted by atomic mass is 10.2. The first-order valence-corrected chi connectivity index (χ1v) is 10.8. The fraction of sp³-hybridized carbons (Fsp3) is 0.211. The Labute approximate surface area is 193 Å². The van der Waals surface area contributed by atoms with E-state index in [1.54, 1.807) is 6.92 Å². The van der Waals surface area contributed by atoms with Gasteiger partial charge in [-0.2, -0.15) is 0 Å². The van der Waals surface area contributed by atoms with Gasteiger partial charge in [-0.1, -0.05) is 11.8 Å². The third-order valence-electron chi connectivity index (χ3n) is 4.51. The number of carbonyl (C=O) groups is 2. The summed E-state index contributed by atoms with van der Waals surface area (Å²) in [5.41, 5.74) is 3.87. The fourth-order valence-electron chi connectivity index (χ4n) is 2.76. The van der Waals surface area contributed by atoms with Crippen molar-refractivity contribution in [2.75, 3.05) is 12.3 Å².